The van der Waals surface area contributed by atoms with E-state index in [4.69, 9.17) is 13.9 Å². The van der Waals surface area contributed by atoms with Gasteiger partial charge < -0.3 is 49.6 Å². The zero-order valence-electron chi connectivity index (χ0n) is 15.2. The van der Waals surface area contributed by atoms with Crippen molar-refractivity contribution in [3.8, 4) is 23.0 Å². The van der Waals surface area contributed by atoms with E-state index >= 15 is 0 Å². The smallest absolute Gasteiger partial charge is 0.229 e. The highest BCUT2D eigenvalue weighted by atomic mass is 16.7. The van der Waals surface area contributed by atoms with Gasteiger partial charge in [-0.1, -0.05) is 0 Å². The second kappa shape index (κ2) is 7.31. The van der Waals surface area contributed by atoms with E-state index in [0.717, 1.165) is 18.2 Å². The molecule has 2 heterocycles. The van der Waals surface area contributed by atoms with Crippen molar-refractivity contribution in [1.29, 1.82) is 0 Å². The van der Waals surface area contributed by atoms with Crippen molar-refractivity contribution in [3.05, 3.63) is 34.5 Å². The molecule has 1 aliphatic rings. The molecule has 11 heteroatoms. The number of phenolic OH excluding ortho intramolecular Hbond substituents is 3. The van der Waals surface area contributed by atoms with Crippen LogP contribution in [0.3, 0.4) is 0 Å². The highest BCUT2D eigenvalue weighted by Gasteiger charge is 2.45. The zero-order valence-corrected chi connectivity index (χ0v) is 15.2. The summed E-state index contributed by atoms with van der Waals surface area (Å²) in [4.78, 5) is 13.0. The lowest BCUT2D eigenvalue weighted by Gasteiger charge is -2.39. The Kier molecular flexibility index (Phi) is 4.92. The summed E-state index contributed by atoms with van der Waals surface area (Å²) >= 11 is 0. The van der Waals surface area contributed by atoms with Crippen LogP contribution >= 0.6 is 0 Å². The van der Waals surface area contributed by atoms with E-state index in [1.165, 1.54) is 6.07 Å². The molecule has 3 aromatic rings. The molecule has 160 valence electrons. The SMILES string of the molecule is O=c1c2c(O[C@H]3O[C@H](CO)[C@@H](O)[C@@H](O)[C@H]3O)cc(O)cc2oc2ccc(O)c(O)c12. The molecular formula is C19H18O11. The van der Waals surface area contributed by atoms with Crippen LogP contribution in [0.1, 0.15) is 0 Å². The molecule has 4 rings (SSSR count). The molecule has 2 aromatic carbocycles. The minimum Gasteiger partial charge on any atom is -0.508 e. The lowest BCUT2D eigenvalue weighted by atomic mass is 9.99. The number of aromatic hydroxyl groups is 3. The van der Waals surface area contributed by atoms with Gasteiger partial charge >= 0.3 is 0 Å². The van der Waals surface area contributed by atoms with E-state index in [-0.39, 0.29) is 33.4 Å². The molecule has 1 aromatic heterocycles. The van der Waals surface area contributed by atoms with Crippen LogP contribution in [0.15, 0.2) is 33.5 Å². The second-order valence-electron chi connectivity index (χ2n) is 6.87. The van der Waals surface area contributed by atoms with Crippen molar-refractivity contribution in [2.45, 2.75) is 30.7 Å². The second-order valence-corrected chi connectivity index (χ2v) is 6.87. The van der Waals surface area contributed by atoms with Crippen LogP contribution in [0, 0.1) is 0 Å². The third kappa shape index (κ3) is 3.09. The van der Waals surface area contributed by atoms with Crippen molar-refractivity contribution in [2.75, 3.05) is 6.61 Å². The van der Waals surface area contributed by atoms with Crippen LogP contribution in [-0.4, -0.2) is 73.1 Å². The lowest BCUT2D eigenvalue weighted by Crippen LogP contribution is -2.60. The molecular weight excluding hydrogens is 404 g/mol. The first-order valence-corrected chi connectivity index (χ1v) is 8.84. The van der Waals surface area contributed by atoms with Gasteiger partial charge in [0.05, 0.1) is 6.61 Å². The molecule has 0 spiro atoms. The van der Waals surface area contributed by atoms with Crippen LogP contribution < -0.4 is 10.2 Å². The first kappa shape index (κ1) is 20.2. The topological polar surface area (TPSA) is 190 Å². The number of aliphatic hydroxyl groups is 4. The maximum atomic E-state index is 13.0. The summed E-state index contributed by atoms with van der Waals surface area (Å²) in [7, 11) is 0. The van der Waals surface area contributed by atoms with Crippen molar-refractivity contribution >= 4 is 21.9 Å². The Hall–Kier alpha value is -3.09. The van der Waals surface area contributed by atoms with E-state index in [2.05, 4.69) is 0 Å². The van der Waals surface area contributed by atoms with E-state index in [9.17, 15) is 40.5 Å². The van der Waals surface area contributed by atoms with Gasteiger partial charge in [0.15, 0.2) is 11.5 Å². The van der Waals surface area contributed by atoms with Crippen LogP contribution in [0.4, 0.5) is 0 Å². The number of hydrogen-bond donors (Lipinski definition) is 7. The fraction of sp³-hybridized carbons (Fsp3) is 0.316. The van der Waals surface area contributed by atoms with Gasteiger partial charge in [0.25, 0.3) is 0 Å². The largest absolute Gasteiger partial charge is 0.508 e. The molecule has 1 saturated heterocycles. The third-order valence-corrected chi connectivity index (χ3v) is 4.93. The number of hydrogen-bond acceptors (Lipinski definition) is 11. The van der Waals surface area contributed by atoms with E-state index in [0.29, 0.717) is 0 Å². The van der Waals surface area contributed by atoms with E-state index in [1.54, 1.807) is 0 Å². The minimum atomic E-state index is -1.76. The highest BCUT2D eigenvalue weighted by Crippen LogP contribution is 2.37. The molecule has 5 atom stereocenters. The molecule has 0 aliphatic carbocycles. The Bertz CT molecular complexity index is 1170. The van der Waals surface area contributed by atoms with Crippen LogP contribution in [0.5, 0.6) is 23.0 Å². The summed E-state index contributed by atoms with van der Waals surface area (Å²) in [6, 6.07) is 4.53. The summed E-state index contributed by atoms with van der Waals surface area (Å²) in [5.41, 5.74) is -0.997. The molecule has 0 unspecified atom stereocenters. The number of aliphatic hydroxyl groups excluding tert-OH is 4. The summed E-state index contributed by atoms with van der Waals surface area (Å²) < 4.78 is 16.3. The number of benzene rings is 2. The fourth-order valence-corrected chi connectivity index (χ4v) is 3.37. The Morgan fingerprint density at radius 3 is 2.37 bits per heavy atom. The summed E-state index contributed by atoms with van der Waals surface area (Å²) in [6.45, 7) is -0.689. The monoisotopic (exact) mass is 422 g/mol. The Morgan fingerprint density at radius 1 is 0.933 bits per heavy atom. The van der Waals surface area contributed by atoms with Crippen LogP contribution in [-0.2, 0) is 4.74 Å². The van der Waals surface area contributed by atoms with Crippen LogP contribution in [0.25, 0.3) is 21.9 Å². The molecule has 1 aliphatic heterocycles. The zero-order chi connectivity index (χ0) is 21.7. The standard InChI is InChI=1S/C19H18O11/c20-5-11-15(24)17(26)18(27)19(30-11)29-10-4-6(21)3-9-12(10)16(25)13-8(28-9)2-1-7(22)14(13)23/h1-4,11,15,17-24,26-27H,5H2/t11-,15-,17-,18-,19+/m1/s1. The van der Waals surface area contributed by atoms with Crippen molar-refractivity contribution in [2.24, 2.45) is 0 Å². The Morgan fingerprint density at radius 2 is 1.67 bits per heavy atom. The molecule has 30 heavy (non-hydrogen) atoms. The maximum absolute atomic E-state index is 13.0. The first-order chi connectivity index (χ1) is 14.2. The lowest BCUT2D eigenvalue weighted by molar-refractivity contribution is -0.277. The van der Waals surface area contributed by atoms with E-state index in [1.807, 2.05) is 0 Å². The predicted octanol–water partition coefficient (Wildman–Crippen LogP) is -0.758. The highest BCUT2D eigenvalue weighted by molar-refractivity contribution is 5.97. The van der Waals surface area contributed by atoms with Gasteiger partial charge in [-0.2, -0.15) is 0 Å². The van der Waals surface area contributed by atoms with Gasteiger partial charge in [-0.3, -0.25) is 4.79 Å². The van der Waals surface area contributed by atoms with Crippen molar-refractivity contribution in [3.63, 3.8) is 0 Å². The summed E-state index contributed by atoms with van der Waals surface area (Å²) in [6.07, 6.45) is -7.97. The summed E-state index contributed by atoms with van der Waals surface area (Å²) in [5.74, 6) is -1.96. The Balaban J connectivity index is 1.87. The van der Waals surface area contributed by atoms with Gasteiger partial charge in [0, 0.05) is 12.1 Å². The van der Waals surface area contributed by atoms with E-state index < -0.39 is 54.2 Å². The molecule has 0 amide bonds. The molecule has 1 fully saturated rings. The predicted molar refractivity (Wildman–Crippen MR) is 99.4 cm³/mol. The van der Waals surface area contributed by atoms with Gasteiger partial charge in [0.1, 0.15) is 57.9 Å². The summed E-state index contributed by atoms with van der Waals surface area (Å²) in [5, 5.41) is 68.4. The molecule has 0 bridgehead atoms. The third-order valence-electron chi connectivity index (χ3n) is 4.93. The molecule has 11 nitrogen and oxygen atoms in total. The van der Waals surface area contributed by atoms with Gasteiger partial charge in [0.2, 0.25) is 11.7 Å². The fourth-order valence-electron chi connectivity index (χ4n) is 3.37. The quantitative estimate of drug-likeness (QED) is 0.207. The maximum Gasteiger partial charge on any atom is 0.229 e. The normalized spacial score (nSPS) is 26.9. The number of ether oxygens (including phenoxy) is 2. The minimum absolute atomic E-state index is 0.0628. The van der Waals surface area contributed by atoms with Crippen molar-refractivity contribution in [1.82, 2.24) is 0 Å². The number of fused-ring (bicyclic) bond motifs is 2. The molecule has 0 saturated carbocycles. The van der Waals surface area contributed by atoms with Crippen molar-refractivity contribution < 1.29 is 49.6 Å². The average Bonchev–Trinajstić information content (AvgIpc) is 2.70. The number of phenols is 3. The first-order valence-electron chi connectivity index (χ1n) is 8.84. The van der Waals surface area contributed by atoms with Gasteiger partial charge in [-0.05, 0) is 12.1 Å². The Labute approximate surface area is 167 Å². The molecule has 7 N–H and O–H groups in total. The van der Waals surface area contributed by atoms with Gasteiger partial charge in [-0.25, -0.2) is 0 Å². The number of rotatable bonds is 3. The van der Waals surface area contributed by atoms with Crippen LogP contribution in [0.2, 0.25) is 0 Å². The molecule has 0 radical (unpaired) electrons. The average molecular weight is 422 g/mol. The van der Waals surface area contributed by atoms with Gasteiger partial charge in [-0.15, -0.1) is 0 Å².